The molecule has 20 heavy (non-hydrogen) atoms. The summed E-state index contributed by atoms with van der Waals surface area (Å²) >= 11 is 4.94. The zero-order valence-corrected chi connectivity index (χ0v) is 11.6. The molecule has 3 aromatic carbocycles. The largest absolute Gasteiger partial charge is 0.457 e. The van der Waals surface area contributed by atoms with E-state index >= 15 is 0 Å². The standard InChI is InChI=1S/C17H13NOS/c18-17(20)13-8-10-14(11-9-13)19-16-7-3-5-12-4-1-2-6-15(12)16/h1-11H,(H2,18,20). The van der Waals surface area contributed by atoms with Crippen LogP contribution in [0, 0.1) is 0 Å². The van der Waals surface area contributed by atoms with Crippen molar-refractivity contribution in [1.29, 1.82) is 0 Å². The van der Waals surface area contributed by atoms with Gasteiger partial charge < -0.3 is 10.5 Å². The highest BCUT2D eigenvalue weighted by molar-refractivity contribution is 7.80. The normalized spacial score (nSPS) is 10.4. The average Bonchev–Trinajstić information content (AvgIpc) is 2.48. The Hall–Kier alpha value is -2.39. The van der Waals surface area contributed by atoms with Crippen LogP contribution in [0.4, 0.5) is 0 Å². The Labute approximate surface area is 122 Å². The summed E-state index contributed by atoms with van der Waals surface area (Å²) in [7, 11) is 0. The quantitative estimate of drug-likeness (QED) is 0.727. The van der Waals surface area contributed by atoms with Crippen LogP contribution >= 0.6 is 12.2 Å². The van der Waals surface area contributed by atoms with Crippen molar-refractivity contribution in [2.75, 3.05) is 0 Å². The molecule has 0 aliphatic rings. The van der Waals surface area contributed by atoms with Gasteiger partial charge in [-0.1, -0.05) is 48.6 Å². The fourth-order valence-electron chi connectivity index (χ4n) is 2.10. The van der Waals surface area contributed by atoms with E-state index in [0.717, 1.165) is 27.8 Å². The molecule has 0 aromatic heterocycles. The number of fused-ring (bicyclic) bond motifs is 1. The molecule has 0 unspecified atom stereocenters. The highest BCUT2D eigenvalue weighted by Crippen LogP contribution is 2.29. The monoisotopic (exact) mass is 279 g/mol. The van der Waals surface area contributed by atoms with E-state index in [1.807, 2.05) is 54.6 Å². The number of rotatable bonds is 3. The van der Waals surface area contributed by atoms with Gasteiger partial charge in [-0.15, -0.1) is 0 Å². The third-order valence-corrected chi connectivity index (χ3v) is 3.35. The first kappa shape index (κ1) is 12.6. The summed E-state index contributed by atoms with van der Waals surface area (Å²) in [6, 6.07) is 21.6. The van der Waals surface area contributed by atoms with Crippen LogP contribution in [-0.4, -0.2) is 4.99 Å². The predicted octanol–water partition coefficient (Wildman–Crippen LogP) is 4.27. The summed E-state index contributed by atoms with van der Waals surface area (Å²) in [6.45, 7) is 0. The number of nitrogens with two attached hydrogens (primary N) is 1. The second kappa shape index (κ2) is 5.31. The van der Waals surface area contributed by atoms with E-state index in [2.05, 4.69) is 12.1 Å². The number of thiocarbonyl (C=S) groups is 1. The Morgan fingerprint density at radius 1 is 0.850 bits per heavy atom. The van der Waals surface area contributed by atoms with Gasteiger partial charge in [-0.05, 0) is 35.7 Å². The summed E-state index contributed by atoms with van der Waals surface area (Å²) in [6.07, 6.45) is 0. The number of benzene rings is 3. The minimum atomic E-state index is 0.390. The molecule has 0 heterocycles. The molecule has 3 aromatic rings. The van der Waals surface area contributed by atoms with Crippen LogP contribution in [0.1, 0.15) is 5.56 Å². The maximum absolute atomic E-state index is 5.94. The summed E-state index contributed by atoms with van der Waals surface area (Å²) in [5, 5.41) is 2.25. The van der Waals surface area contributed by atoms with Gasteiger partial charge >= 0.3 is 0 Å². The van der Waals surface area contributed by atoms with Crippen molar-refractivity contribution >= 4 is 28.0 Å². The molecule has 0 aliphatic carbocycles. The van der Waals surface area contributed by atoms with Crippen LogP contribution in [0.3, 0.4) is 0 Å². The molecule has 0 amide bonds. The van der Waals surface area contributed by atoms with Crippen molar-refractivity contribution < 1.29 is 4.74 Å². The fourth-order valence-corrected chi connectivity index (χ4v) is 2.23. The number of hydrogen-bond acceptors (Lipinski definition) is 2. The molecule has 0 aliphatic heterocycles. The first-order valence-electron chi connectivity index (χ1n) is 6.29. The Balaban J connectivity index is 1.95. The van der Waals surface area contributed by atoms with Crippen molar-refractivity contribution in [2.45, 2.75) is 0 Å². The third-order valence-electron chi connectivity index (χ3n) is 3.12. The molecule has 98 valence electrons. The molecule has 3 rings (SSSR count). The Morgan fingerprint density at radius 3 is 2.30 bits per heavy atom. The number of hydrogen-bond donors (Lipinski definition) is 1. The van der Waals surface area contributed by atoms with E-state index in [1.165, 1.54) is 0 Å². The third kappa shape index (κ3) is 2.49. The van der Waals surface area contributed by atoms with Crippen LogP contribution in [0.5, 0.6) is 11.5 Å². The van der Waals surface area contributed by atoms with Crippen LogP contribution < -0.4 is 10.5 Å². The maximum atomic E-state index is 5.94. The second-order valence-corrected chi connectivity index (χ2v) is 4.91. The van der Waals surface area contributed by atoms with Crippen molar-refractivity contribution in [2.24, 2.45) is 5.73 Å². The highest BCUT2D eigenvalue weighted by Gasteiger charge is 2.03. The average molecular weight is 279 g/mol. The van der Waals surface area contributed by atoms with E-state index in [1.54, 1.807) is 0 Å². The summed E-state index contributed by atoms with van der Waals surface area (Å²) in [5.41, 5.74) is 6.42. The Morgan fingerprint density at radius 2 is 1.55 bits per heavy atom. The lowest BCUT2D eigenvalue weighted by Gasteiger charge is -2.09. The summed E-state index contributed by atoms with van der Waals surface area (Å²) in [5.74, 6) is 1.60. The van der Waals surface area contributed by atoms with Gasteiger partial charge in [-0.25, -0.2) is 0 Å². The van der Waals surface area contributed by atoms with Crippen LogP contribution in [-0.2, 0) is 0 Å². The minimum absolute atomic E-state index is 0.390. The second-order valence-electron chi connectivity index (χ2n) is 4.47. The van der Waals surface area contributed by atoms with E-state index < -0.39 is 0 Å². The van der Waals surface area contributed by atoms with Crippen molar-refractivity contribution in [1.82, 2.24) is 0 Å². The van der Waals surface area contributed by atoms with Gasteiger partial charge in [-0.3, -0.25) is 0 Å². The van der Waals surface area contributed by atoms with Gasteiger partial charge in [0.05, 0.1) is 0 Å². The Kier molecular flexibility index (Phi) is 3.35. The molecule has 2 nitrogen and oxygen atoms in total. The summed E-state index contributed by atoms with van der Waals surface area (Å²) < 4.78 is 5.94. The molecule has 3 heteroatoms. The molecule has 2 N–H and O–H groups in total. The van der Waals surface area contributed by atoms with E-state index in [4.69, 9.17) is 22.7 Å². The summed E-state index contributed by atoms with van der Waals surface area (Å²) in [4.78, 5) is 0.390. The fraction of sp³-hybridized carbons (Fsp3) is 0. The first-order valence-corrected chi connectivity index (χ1v) is 6.70. The van der Waals surface area contributed by atoms with Crippen molar-refractivity contribution in [3.8, 4) is 11.5 Å². The lowest BCUT2D eigenvalue weighted by Crippen LogP contribution is -2.08. The lowest BCUT2D eigenvalue weighted by molar-refractivity contribution is 0.488. The van der Waals surface area contributed by atoms with Crippen LogP contribution in [0.15, 0.2) is 66.7 Å². The van der Waals surface area contributed by atoms with Gasteiger partial charge in [0.2, 0.25) is 0 Å². The topological polar surface area (TPSA) is 35.2 Å². The van der Waals surface area contributed by atoms with Crippen LogP contribution in [0.2, 0.25) is 0 Å². The zero-order valence-electron chi connectivity index (χ0n) is 10.7. The zero-order chi connectivity index (χ0) is 13.9. The molecular formula is C17H13NOS. The molecule has 0 fully saturated rings. The Bertz CT molecular complexity index is 760. The predicted molar refractivity (Wildman–Crippen MR) is 86.4 cm³/mol. The molecule has 0 saturated heterocycles. The molecule has 0 atom stereocenters. The first-order chi connectivity index (χ1) is 9.74. The van der Waals surface area contributed by atoms with Crippen molar-refractivity contribution in [3.63, 3.8) is 0 Å². The van der Waals surface area contributed by atoms with Crippen LogP contribution in [0.25, 0.3) is 10.8 Å². The van der Waals surface area contributed by atoms with Gasteiger partial charge in [0.15, 0.2) is 0 Å². The number of ether oxygens (including phenoxy) is 1. The van der Waals surface area contributed by atoms with E-state index in [9.17, 15) is 0 Å². The van der Waals surface area contributed by atoms with Gasteiger partial charge in [-0.2, -0.15) is 0 Å². The maximum Gasteiger partial charge on any atom is 0.135 e. The lowest BCUT2D eigenvalue weighted by atomic mass is 10.1. The van der Waals surface area contributed by atoms with E-state index in [-0.39, 0.29) is 0 Å². The van der Waals surface area contributed by atoms with Crippen molar-refractivity contribution in [3.05, 3.63) is 72.3 Å². The van der Waals surface area contributed by atoms with Gasteiger partial charge in [0.1, 0.15) is 16.5 Å². The van der Waals surface area contributed by atoms with Gasteiger partial charge in [0.25, 0.3) is 0 Å². The highest BCUT2D eigenvalue weighted by atomic mass is 32.1. The smallest absolute Gasteiger partial charge is 0.135 e. The molecular weight excluding hydrogens is 266 g/mol. The molecule has 0 radical (unpaired) electrons. The van der Waals surface area contributed by atoms with Gasteiger partial charge in [0, 0.05) is 10.9 Å². The molecule has 0 spiro atoms. The minimum Gasteiger partial charge on any atom is -0.457 e. The molecule has 0 bridgehead atoms. The van der Waals surface area contributed by atoms with E-state index in [0.29, 0.717) is 4.99 Å². The molecule has 0 saturated carbocycles. The SMILES string of the molecule is NC(=S)c1ccc(Oc2cccc3ccccc23)cc1.